The lowest BCUT2D eigenvalue weighted by Gasteiger charge is -2.35. The van der Waals surface area contributed by atoms with Gasteiger partial charge in [-0.2, -0.15) is 0 Å². The van der Waals surface area contributed by atoms with Crippen molar-refractivity contribution < 1.29 is 14.4 Å². The fraction of sp³-hybridized carbons (Fsp3) is 0.789. The number of aromatic nitrogens is 1. The summed E-state index contributed by atoms with van der Waals surface area (Å²) in [4.78, 5) is 17.2. The summed E-state index contributed by atoms with van der Waals surface area (Å²) in [6.07, 6.45) is 5.16. The van der Waals surface area contributed by atoms with Gasteiger partial charge in [-0.1, -0.05) is 11.6 Å². The Labute approximate surface area is 155 Å². The Hall–Kier alpha value is -1.44. The van der Waals surface area contributed by atoms with Gasteiger partial charge in [0, 0.05) is 31.2 Å². The van der Waals surface area contributed by atoms with Crippen LogP contribution in [-0.2, 0) is 6.54 Å². The van der Waals surface area contributed by atoms with Crippen LogP contribution in [0.3, 0.4) is 0 Å². The molecule has 1 aromatic rings. The highest BCUT2D eigenvalue weighted by Crippen LogP contribution is 2.16. The van der Waals surface area contributed by atoms with Crippen LogP contribution in [0.1, 0.15) is 62.2 Å². The van der Waals surface area contributed by atoms with Crippen LogP contribution in [0.25, 0.3) is 0 Å². The first-order valence-corrected chi connectivity index (χ1v) is 9.82. The molecular formula is C19H32N4O3. The van der Waals surface area contributed by atoms with Gasteiger partial charge in [-0.25, -0.2) is 0 Å². The number of aliphatic hydroxyl groups excluding tert-OH is 1. The normalized spacial score (nSPS) is 21.0. The van der Waals surface area contributed by atoms with Crippen LogP contribution in [0.5, 0.6) is 0 Å². The fourth-order valence-corrected chi connectivity index (χ4v) is 3.88. The van der Waals surface area contributed by atoms with Crippen LogP contribution in [0, 0.1) is 0 Å². The number of piperidine rings is 2. The molecule has 1 amide bonds. The minimum Gasteiger partial charge on any atom is -0.393 e. The Morgan fingerprint density at radius 1 is 1.23 bits per heavy atom. The number of nitrogens with one attached hydrogen (secondary N) is 1. The van der Waals surface area contributed by atoms with E-state index in [-0.39, 0.29) is 17.6 Å². The van der Waals surface area contributed by atoms with E-state index >= 15 is 0 Å². The van der Waals surface area contributed by atoms with Crippen molar-refractivity contribution in [2.45, 2.75) is 64.1 Å². The first-order chi connectivity index (χ1) is 12.4. The van der Waals surface area contributed by atoms with E-state index in [4.69, 9.17) is 4.52 Å². The summed E-state index contributed by atoms with van der Waals surface area (Å²) >= 11 is 0. The Kier molecular flexibility index (Phi) is 6.32. The van der Waals surface area contributed by atoms with Crippen molar-refractivity contribution in [2.75, 3.05) is 32.7 Å². The molecule has 2 aliphatic heterocycles. The van der Waals surface area contributed by atoms with Crippen molar-refractivity contribution in [3.8, 4) is 0 Å². The highest BCUT2D eigenvalue weighted by atomic mass is 16.5. The Balaban J connectivity index is 1.50. The lowest BCUT2D eigenvalue weighted by Crippen LogP contribution is -2.52. The Morgan fingerprint density at radius 2 is 1.92 bits per heavy atom. The first kappa shape index (κ1) is 19.3. The zero-order valence-electron chi connectivity index (χ0n) is 16.0. The second-order valence-electron chi connectivity index (χ2n) is 8.36. The lowest BCUT2D eigenvalue weighted by molar-refractivity contribution is 0.0747. The van der Waals surface area contributed by atoms with Gasteiger partial charge in [0.2, 0.25) is 0 Å². The van der Waals surface area contributed by atoms with Gasteiger partial charge in [-0.3, -0.25) is 9.69 Å². The predicted octanol–water partition coefficient (Wildman–Crippen LogP) is 1.63. The van der Waals surface area contributed by atoms with E-state index in [1.54, 1.807) is 6.07 Å². The number of nitrogens with zero attached hydrogens (tertiary/aromatic N) is 3. The molecule has 0 atom stereocenters. The molecule has 0 bridgehead atoms. The average molecular weight is 364 g/mol. The van der Waals surface area contributed by atoms with E-state index in [9.17, 15) is 9.90 Å². The zero-order valence-corrected chi connectivity index (χ0v) is 16.0. The number of amides is 1. The number of carbonyl (C=O) groups excluding carboxylic acids is 1. The quantitative estimate of drug-likeness (QED) is 0.798. The van der Waals surface area contributed by atoms with Crippen LogP contribution in [-0.4, -0.2) is 70.3 Å². The molecule has 0 spiro atoms. The van der Waals surface area contributed by atoms with E-state index in [0.717, 1.165) is 45.6 Å². The minimum absolute atomic E-state index is 0.184. The standard InChI is InChI=1S/C19H32N4O3/c1-19(2,14-23-8-4-3-5-9-23)20-18(25)17-12-16(26-21-17)13-22-10-6-15(24)7-11-22/h12,15,24H,3-11,13-14H2,1-2H3,(H,20,25). The summed E-state index contributed by atoms with van der Waals surface area (Å²) in [7, 11) is 0. The monoisotopic (exact) mass is 364 g/mol. The molecule has 26 heavy (non-hydrogen) atoms. The third-order valence-corrected chi connectivity index (χ3v) is 5.25. The van der Waals surface area contributed by atoms with E-state index in [1.165, 1.54) is 19.3 Å². The van der Waals surface area contributed by atoms with Gasteiger partial charge in [0.15, 0.2) is 11.5 Å². The molecule has 0 aliphatic carbocycles. The fourth-order valence-electron chi connectivity index (χ4n) is 3.88. The molecule has 2 N–H and O–H groups in total. The lowest BCUT2D eigenvalue weighted by atomic mass is 10.0. The second kappa shape index (κ2) is 8.50. The maximum atomic E-state index is 12.6. The van der Waals surface area contributed by atoms with Crippen LogP contribution in [0.2, 0.25) is 0 Å². The Morgan fingerprint density at radius 3 is 2.62 bits per heavy atom. The topological polar surface area (TPSA) is 81.8 Å². The van der Waals surface area contributed by atoms with Gasteiger partial charge in [-0.05, 0) is 52.6 Å². The number of rotatable bonds is 6. The smallest absolute Gasteiger partial charge is 0.273 e. The van der Waals surface area contributed by atoms with Gasteiger partial charge in [-0.15, -0.1) is 0 Å². The average Bonchev–Trinajstić information content (AvgIpc) is 3.06. The van der Waals surface area contributed by atoms with Crippen LogP contribution in [0.4, 0.5) is 0 Å². The first-order valence-electron chi connectivity index (χ1n) is 9.82. The number of aliphatic hydroxyl groups is 1. The van der Waals surface area contributed by atoms with Gasteiger partial charge >= 0.3 is 0 Å². The molecule has 0 aromatic carbocycles. The molecular weight excluding hydrogens is 332 g/mol. The highest BCUT2D eigenvalue weighted by Gasteiger charge is 2.27. The Bertz CT molecular complexity index is 587. The van der Waals surface area contributed by atoms with Gasteiger partial charge in [0.05, 0.1) is 12.6 Å². The van der Waals surface area contributed by atoms with Gasteiger partial charge in [0.1, 0.15) is 0 Å². The maximum absolute atomic E-state index is 12.6. The highest BCUT2D eigenvalue weighted by molar-refractivity contribution is 5.92. The molecule has 7 nitrogen and oxygen atoms in total. The molecule has 2 aliphatic rings. The molecule has 0 radical (unpaired) electrons. The molecule has 2 saturated heterocycles. The molecule has 3 rings (SSSR count). The number of likely N-dealkylation sites (tertiary alicyclic amines) is 2. The molecule has 0 saturated carbocycles. The van der Waals surface area contributed by atoms with Crippen molar-refractivity contribution in [2.24, 2.45) is 0 Å². The third-order valence-electron chi connectivity index (χ3n) is 5.25. The number of carbonyl (C=O) groups is 1. The molecule has 146 valence electrons. The van der Waals surface area contributed by atoms with E-state index in [2.05, 4.69) is 34.1 Å². The van der Waals surface area contributed by atoms with Crippen molar-refractivity contribution in [3.63, 3.8) is 0 Å². The number of hydrogen-bond donors (Lipinski definition) is 2. The van der Waals surface area contributed by atoms with E-state index in [1.807, 2.05) is 0 Å². The summed E-state index contributed by atoms with van der Waals surface area (Å²) in [5.74, 6) is 0.511. The second-order valence-corrected chi connectivity index (χ2v) is 8.36. The molecule has 3 heterocycles. The predicted molar refractivity (Wildman–Crippen MR) is 98.9 cm³/mol. The molecule has 2 fully saturated rings. The van der Waals surface area contributed by atoms with Crippen molar-refractivity contribution >= 4 is 5.91 Å². The van der Waals surface area contributed by atoms with Gasteiger partial charge in [0.25, 0.3) is 5.91 Å². The summed E-state index contributed by atoms with van der Waals surface area (Å²) < 4.78 is 5.35. The summed E-state index contributed by atoms with van der Waals surface area (Å²) in [5.41, 5.74) is 0.0278. The molecule has 0 unspecified atom stereocenters. The van der Waals surface area contributed by atoms with Gasteiger partial charge < -0.3 is 19.8 Å². The molecule has 1 aromatic heterocycles. The summed E-state index contributed by atoms with van der Waals surface area (Å²) in [6.45, 7) is 9.48. The number of hydrogen-bond acceptors (Lipinski definition) is 6. The largest absolute Gasteiger partial charge is 0.393 e. The SMILES string of the molecule is CC(C)(CN1CCCCC1)NC(=O)c1cc(CN2CCC(O)CC2)on1. The van der Waals surface area contributed by atoms with E-state index in [0.29, 0.717) is 18.0 Å². The van der Waals surface area contributed by atoms with Crippen LogP contribution < -0.4 is 5.32 Å². The minimum atomic E-state index is -0.309. The van der Waals surface area contributed by atoms with Crippen molar-refractivity contribution in [1.82, 2.24) is 20.3 Å². The third kappa shape index (κ3) is 5.53. The van der Waals surface area contributed by atoms with Crippen molar-refractivity contribution in [3.05, 3.63) is 17.5 Å². The summed E-state index contributed by atoms with van der Waals surface area (Å²) in [5, 5.41) is 16.6. The molecule has 7 heteroatoms. The van der Waals surface area contributed by atoms with Crippen molar-refractivity contribution in [1.29, 1.82) is 0 Å². The van der Waals surface area contributed by atoms with Crippen LogP contribution >= 0.6 is 0 Å². The summed E-state index contributed by atoms with van der Waals surface area (Å²) in [6, 6.07) is 1.73. The maximum Gasteiger partial charge on any atom is 0.273 e. The van der Waals surface area contributed by atoms with Crippen LogP contribution in [0.15, 0.2) is 10.6 Å². The van der Waals surface area contributed by atoms with E-state index < -0.39 is 0 Å². The zero-order chi connectivity index (χ0) is 18.6.